The molecule has 2 aromatic rings. The molecule has 2 rings (SSSR count). The second kappa shape index (κ2) is 4.65. The highest BCUT2D eigenvalue weighted by Crippen LogP contribution is 2.15. The average molecular weight is 228 g/mol. The zero-order valence-corrected chi connectivity index (χ0v) is 9.21. The molecule has 0 saturated heterocycles. The molecule has 1 aromatic carbocycles. The molecule has 4 heteroatoms. The van der Waals surface area contributed by atoms with Crippen molar-refractivity contribution in [1.82, 2.24) is 9.55 Å². The van der Waals surface area contributed by atoms with Crippen molar-refractivity contribution < 1.29 is 9.90 Å². The van der Waals surface area contributed by atoms with Crippen LogP contribution in [0.1, 0.15) is 11.1 Å². The van der Waals surface area contributed by atoms with Gasteiger partial charge in [0.25, 0.3) is 0 Å². The Kier molecular flexibility index (Phi) is 3.05. The molecule has 0 bridgehead atoms. The SMILES string of the molecule is C=C(C(=O)O)c1cccc(Cn2ccnc2)c1. The van der Waals surface area contributed by atoms with Gasteiger partial charge in [-0.3, -0.25) is 0 Å². The average Bonchev–Trinajstić information content (AvgIpc) is 2.81. The zero-order chi connectivity index (χ0) is 12.3. The lowest BCUT2D eigenvalue weighted by Gasteiger charge is -2.05. The maximum Gasteiger partial charge on any atom is 0.335 e. The molecule has 0 aliphatic rings. The number of benzene rings is 1. The number of carboxylic acid groups (broad SMARTS) is 1. The number of imidazole rings is 1. The summed E-state index contributed by atoms with van der Waals surface area (Å²) in [5.74, 6) is -0.996. The Bertz CT molecular complexity index is 544. The zero-order valence-electron chi connectivity index (χ0n) is 9.21. The van der Waals surface area contributed by atoms with Crippen LogP contribution in [-0.2, 0) is 11.3 Å². The Labute approximate surface area is 98.9 Å². The minimum atomic E-state index is -0.996. The molecule has 0 aliphatic heterocycles. The number of aromatic nitrogens is 2. The molecule has 0 unspecified atom stereocenters. The molecule has 0 aliphatic carbocycles. The summed E-state index contributed by atoms with van der Waals surface area (Å²) in [5.41, 5.74) is 1.76. The summed E-state index contributed by atoms with van der Waals surface area (Å²) in [4.78, 5) is 14.8. The highest BCUT2D eigenvalue weighted by atomic mass is 16.4. The van der Waals surface area contributed by atoms with Crippen LogP contribution < -0.4 is 0 Å². The third kappa shape index (κ3) is 2.60. The van der Waals surface area contributed by atoms with Gasteiger partial charge < -0.3 is 9.67 Å². The van der Waals surface area contributed by atoms with Gasteiger partial charge in [0.1, 0.15) is 0 Å². The highest BCUT2D eigenvalue weighted by molar-refractivity contribution is 6.14. The summed E-state index contributed by atoms with van der Waals surface area (Å²) in [6.07, 6.45) is 5.29. The fourth-order valence-electron chi connectivity index (χ4n) is 1.57. The molecule has 0 spiro atoms. The molecule has 0 radical (unpaired) electrons. The van der Waals surface area contributed by atoms with Crippen LogP contribution in [0.5, 0.6) is 0 Å². The summed E-state index contributed by atoms with van der Waals surface area (Å²) in [6, 6.07) is 7.35. The van der Waals surface area contributed by atoms with Crippen molar-refractivity contribution in [2.45, 2.75) is 6.54 Å². The normalized spacial score (nSPS) is 10.1. The van der Waals surface area contributed by atoms with Crippen molar-refractivity contribution in [3.05, 3.63) is 60.7 Å². The first-order chi connectivity index (χ1) is 8.16. The topological polar surface area (TPSA) is 55.1 Å². The Morgan fingerprint density at radius 1 is 1.47 bits per heavy atom. The van der Waals surface area contributed by atoms with Gasteiger partial charge in [-0.1, -0.05) is 24.8 Å². The fraction of sp³-hybridized carbons (Fsp3) is 0.0769. The van der Waals surface area contributed by atoms with Crippen molar-refractivity contribution >= 4 is 11.5 Å². The van der Waals surface area contributed by atoms with E-state index in [-0.39, 0.29) is 5.57 Å². The number of hydrogen-bond donors (Lipinski definition) is 1. The van der Waals surface area contributed by atoms with Crippen LogP contribution in [0.2, 0.25) is 0 Å². The lowest BCUT2D eigenvalue weighted by Crippen LogP contribution is -2.00. The number of rotatable bonds is 4. The van der Waals surface area contributed by atoms with E-state index in [0.717, 1.165) is 5.56 Å². The van der Waals surface area contributed by atoms with Gasteiger partial charge in [0.2, 0.25) is 0 Å². The van der Waals surface area contributed by atoms with Crippen molar-refractivity contribution in [1.29, 1.82) is 0 Å². The molecule has 1 heterocycles. The highest BCUT2D eigenvalue weighted by Gasteiger charge is 2.07. The maximum atomic E-state index is 10.8. The van der Waals surface area contributed by atoms with E-state index in [1.54, 1.807) is 18.6 Å². The predicted molar refractivity (Wildman–Crippen MR) is 64.4 cm³/mol. The molecule has 4 nitrogen and oxygen atoms in total. The number of aliphatic carboxylic acids is 1. The lowest BCUT2D eigenvalue weighted by molar-refractivity contribution is -0.130. The smallest absolute Gasteiger partial charge is 0.335 e. The molecule has 1 aromatic heterocycles. The Morgan fingerprint density at radius 2 is 2.29 bits per heavy atom. The Balaban J connectivity index is 2.23. The van der Waals surface area contributed by atoms with Crippen LogP contribution in [0.15, 0.2) is 49.6 Å². The van der Waals surface area contributed by atoms with E-state index in [2.05, 4.69) is 11.6 Å². The van der Waals surface area contributed by atoms with Gasteiger partial charge in [-0.15, -0.1) is 0 Å². The van der Waals surface area contributed by atoms with Crippen molar-refractivity contribution in [2.75, 3.05) is 0 Å². The molecule has 0 saturated carbocycles. The van der Waals surface area contributed by atoms with E-state index < -0.39 is 5.97 Å². The van der Waals surface area contributed by atoms with E-state index >= 15 is 0 Å². The van der Waals surface area contributed by atoms with Crippen LogP contribution in [0.4, 0.5) is 0 Å². The van der Waals surface area contributed by atoms with Crippen LogP contribution in [-0.4, -0.2) is 20.6 Å². The molecule has 17 heavy (non-hydrogen) atoms. The first-order valence-electron chi connectivity index (χ1n) is 5.14. The molecule has 0 atom stereocenters. The predicted octanol–water partition coefficient (Wildman–Crippen LogP) is 2.03. The molecule has 86 valence electrons. The van der Waals surface area contributed by atoms with Gasteiger partial charge in [-0.05, 0) is 17.2 Å². The first kappa shape index (κ1) is 11.1. The Hall–Kier alpha value is -2.36. The van der Waals surface area contributed by atoms with Crippen LogP contribution in [0.25, 0.3) is 5.57 Å². The number of nitrogens with zero attached hydrogens (tertiary/aromatic N) is 2. The van der Waals surface area contributed by atoms with E-state index in [4.69, 9.17) is 5.11 Å². The minimum absolute atomic E-state index is 0.109. The molecular formula is C13H12N2O2. The van der Waals surface area contributed by atoms with Gasteiger partial charge in [0.05, 0.1) is 11.9 Å². The van der Waals surface area contributed by atoms with Gasteiger partial charge >= 0.3 is 5.97 Å². The largest absolute Gasteiger partial charge is 0.478 e. The van der Waals surface area contributed by atoms with Crippen molar-refractivity contribution in [2.24, 2.45) is 0 Å². The lowest BCUT2D eigenvalue weighted by atomic mass is 10.0. The van der Waals surface area contributed by atoms with Crippen molar-refractivity contribution in [3.8, 4) is 0 Å². The third-order valence-corrected chi connectivity index (χ3v) is 2.46. The van der Waals surface area contributed by atoms with Crippen LogP contribution in [0, 0.1) is 0 Å². The summed E-state index contributed by atoms with van der Waals surface area (Å²) < 4.78 is 1.92. The van der Waals surface area contributed by atoms with Gasteiger partial charge in [0.15, 0.2) is 0 Å². The molecule has 1 N–H and O–H groups in total. The molecular weight excluding hydrogens is 216 g/mol. The quantitative estimate of drug-likeness (QED) is 0.814. The monoisotopic (exact) mass is 228 g/mol. The summed E-state index contributed by atoms with van der Waals surface area (Å²) in [5, 5.41) is 8.87. The number of carboxylic acids is 1. The second-order valence-corrected chi connectivity index (χ2v) is 3.72. The second-order valence-electron chi connectivity index (χ2n) is 3.72. The number of hydrogen-bond acceptors (Lipinski definition) is 2. The maximum absolute atomic E-state index is 10.8. The van der Waals surface area contributed by atoms with Crippen LogP contribution in [0.3, 0.4) is 0 Å². The minimum Gasteiger partial charge on any atom is -0.478 e. The first-order valence-corrected chi connectivity index (χ1v) is 5.14. The van der Waals surface area contributed by atoms with Gasteiger partial charge in [0, 0.05) is 18.9 Å². The standard InChI is InChI=1S/C13H12N2O2/c1-10(13(16)17)12-4-2-3-11(7-12)8-15-6-5-14-9-15/h2-7,9H,1,8H2,(H,16,17). The fourth-order valence-corrected chi connectivity index (χ4v) is 1.57. The number of carbonyl (C=O) groups is 1. The van der Waals surface area contributed by atoms with Crippen LogP contribution >= 0.6 is 0 Å². The molecule has 0 fully saturated rings. The summed E-state index contributed by atoms with van der Waals surface area (Å²) in [6.45, 7) is 4.21. The Morgan fingerprint density at radius 3 is 2.94 bits per heavy atom. The van der Waals surface area contributed by atoms with E-state index in [1.165, 1.54) is 0 Å². The third-order valence-electron chi connectivity index (χ3n) is 2.46. The van der Waals surface area contributed by atoms with E-state index in [9.17, 15) is 4.79 Å². The van der Waals surface area contributed by atoms with Crippen molar-refractivity contribution in [3.63, 3.8) is 0 Å². The summed E-state index contributed by atoms with van der Waals surface area (Å²) in [7, 11) is 0. The van der Waals surface area contributed by atoms with E-state index in [0.29, 0.717) is 12.1 Å². The molecule has 0 amide bonds. The van der Waals surface area contributed by atoms with E-state index in [1.807, 2.05) is 29.0 Å². The summed E-state index contributed by atoms with van der Waals surface area (Å²) >= 11 is 0. The van der Waals surface area contributed by atoms with Gasteiger partial charge in [-0.2, -0.15) is 0 Å². The van der Waals surface area contributed by atoms with Gasteiger partial charge in [-0.25, -0.2) is 9.78 Å².